The average Bonchev–Trinajstić information content (AvgIpc) is 3.11. The minimum absolute atomic E-state index is 0.0578. The van der Waals surface area contributed by atoms with Gasteiger partial charge in [-0.05, 0) is 25.0 Å². The molecule has 6 heteroatoms. The summed E-state index contributed by atoms with van der Waals surface area (Å²) in [5.74, 6) is 0.318. The van der Waals surface area contributed by atoms with E-state index in [1.165, 1.54) is 23.9 Å². The number of rotatable bonds is 5. The fourth-order valence-electron chi connectivity index (χ4n) is 2.19. The maximum absolute atomic E-state index is 13.2. The quantitative estimate of drug-likeness (QED) is 0.915. The second-order valence-corrected chi connectivity index (χ2v) is 5.63. The van der Waals surface area contributed by atoms with Crippen LogP contribution in [-0.2, 0) is 10.5 Å². The van der Waals surface area contributed by atoms with Crippen molar-refractivity contribution in [3.63, 3.8) is 0 Å². The minimum atomic E-state index is -0.829. The zero-order chi connectivity index (χ0) is 13.4. The van der Waals surface area contributed by atoms with Gasteiger partial charge in [-0.3, -0.25) is 4.79 Å². The molecule has 0 spiro atoms. The number of benzene rings is 1. The lowest BCUT2D eigenvalue weighted by Gasteiger charge is -2.06. The Balaban J connectivity index is 1.93. The van der Waals surface area contributed by atoms with E-state index in [4.69, 9.17) is 5.11 Å². The van der Waals surface area contributed by atoms with Crippen molar-refractivity contribution in [2.75, 3.05) is 5.75 Å². The van der Waals surface area contributed by atoms with Crippen LogP contribution in [0, 0.1) is 5.82 Å². The van der Waals surface area contributed by atoms with Gasteiger partial charge in [0.15, 0.2) is 0 Å². The largest absolute Gasteiger partial charge is 0.481 e. The van der Waals surface area contributed by atoms with Crippen LogP contribution in [-0.4, -0.2) is 26.4 Å². The van der Waals surface area contributed by atoms with Gasteiger partial charge in [0, 0.05) is 12.1 Å². The molecule has 1 saturated carbocycles. The number of hydrogen-bond donors (Lipinski definition) is 1. The van der Waals surface area contributed by atoms with Crippen LogP contribution in [0.1, 0.15) is 24.7 Å². The maximum Gasteiger partial charge on any atom is 0.313 e. The number of aromatic nitrogens is 2. The number of carboxylic acids is 1. The van der Waals surface area contributed by atoms with E-state index >= 15 is 0 Å². The molecule has 0 bridgehead atoms. The van der Waals surface area contributed by atoms with Crippen molar-refractivity contribution < 1.29 is 14.3 Å². The molecule has 0 aliphatic heterocycles. The van der Waals surface area contributed by atoms with E-state index in [1.54, 1.807) is 6.07 Å². The Morgan fingerprint density at radius 1 is 1.53 bits per heavy atom. The number of halogens is 1. The van der Waals surface area contributed by atoms with Gasteiger partial charge in [0.05, 0.1) is 22.5 Å². The molecule has 19 heavy (non-hydrogen) atoms. The van der Waals surface area contributed by atoms with Gasteiger partial charge >= 0.3 is 5.97 Å². The molecule has 1 heterocycles. The highest BCUT2D eigenvalue weighted by molar-refractivity contribution is 7.99. The van der Waals surface area contributed by atoms with Gasteiger partial charge in [-0.1, -0.05) is 0 Å². The van der Waals surface area contributed by atoms with Crippen LogP contribution in [0.5, 0.6) is 0 Å². The molecular formula is C13H13FN2O2S. The van der Waals surface area contributed by atoms with Gasteiger partial charge in [-0.25, -0.2) is 9.37 Å². The number of aliphatic carboxylic acids is 1. The number of carboxylic acid groups (broad SMARTS) is 1. The number of nitrogens with zero attached hydrogens (tertiary/aromatic N) is 2. The third-order valence-corrected chi connectivity index (χ3v) is 4.01. The van der Waals surface area contributed by atoms with Gasteiger partial charge in [0.25, 0.3) is 0 Å². The molecule has 1 aromatic carbocycles. The van der Waals surface area contributed by atoms with Gasteiger partial charge in [-0.15, -0.1) is 11.8 Å². The number of carbonyl (C=O) groups is 1. The lowest BCUT2D eigenvalue weighted by molar-refractivity contribution is -0.133. The zero-order valence-electron chi connectivity index (χ0n) is 10.2. The van der Waals surface area contributed by atoms with Crippen molar-refractivity contribution in [3.05, 3.63) is 29.8 Å². The molecule has 4 nitrogen and oxygen atoms in total. The molecule has 0 atom stereocenters. The second-order valence-electron chi connectivity index (χ2n) is 4.65. The van der Waals surface area contributed by atoms with Crippen LogP contribution in [0.15, 0.2) is 18.2 Å². The Kier molecular flexibility index (Phi) is 3.18. The zero-order valence-corrected chi connectivity index (χ0v) is 11.0. The van der Waals surface area contributed by atoms with Crippen LogP contribution < -0.4 is 0 Å². The molecule has 1 aliphatic rings. The predicted octanol–water partition coefficient (Wildman–Crippen LogP) is 2.83. The second kappa shape index (κ2) is 4.85. The van der Waals surface area contributed by atoms with E-state index in [9.17, 15) is 9.18 Å². The third kappa shape index (κ3) is 2.58. The monoisotopic (exact) mass is 280 g/mol. The minimum Gasteiger partial charge on any atom is -0.481 e. The van der Waals surface area contributed by atoms with Gasteiger partial charge in [-0.2, -0.15) is 0 Å². The Hall–Kier alpha value is -1.56. The predicted molar refractivity (Wildman–Crippen MR) is 71.8 cm³/mol. The fourth-order valence-corrected chi connectivity index (χ4v) is 2.86. The summed E-state index contributed by atoms with van der Waals surface area (Å²) in [4.78, 5) is 15.0. The van der Waals surface area contributed by atoms with Crippen LogP contribution in [0.4, 0.5) is 4.39 Å². The number of imidazole rings is 1. The van der Waals surface area contributed by atoms with Crippen LogP contribution in [0.2, 0.25) is 0 Å². The molecule has 1 N–H and O–H groups in total. The topological polar surface area (TPSA) is 55.1 Å². The maximum atomic E-state index is 13.2. The molecule has 0 saturated heterocycles. The van der Waals surface area contributed by atoms with E-state index in [2.05, 4.69) is 9.55 Å². The molecule has 2 aromatic rings. The SMILES string of the molecule is O=C(O)CSCc1nc2cc(F)ccc2n1C1CC1. The highest BCUT2D eigenvalue weighted by Crippen LogP contribution is 2.39. The van der Waals surface area contributed by atoms with E-state index < -0.39 is 5.97 Å². The van der Waals surface area contributed by atoms with Crippen molar-refractivity contribution in [2.45, 2.75) is 24.6 Å². The molecule has 1 aliphatic carbocycles. The number of hydrogen-bond acceptors (Lipinski definition) is 3. The number of thioether (sulfide) groups is 1. The van der Waals surface area contributed by atoms with Crippen LogP contribution in [0.3, 0.4) is 0 Å². The molecule has 1 fully saturated rings. The molecule has 0 amide bonds. The van der Waals surface area contributed by atoms with Crippen molar-refractivity contribution >= 4 is 28.8 Å². The number of fused-ring (bicyclic) bond motifs is 1. The Bertz CT molecular complexity index is 637. The van der Waals surface area contributed by atoms with E-state index in [-0.39, 0.29) is 11.6 Å². The summed E-state index contributed by atoms with van der Waals surface area (Å²) in [6, 6.07) is 5.06. The first-order chi connectivity index (χ1) is 9.15. The summed E-state index contributed by atoms with van der Waals surface area (Å²) < 4.78 is 15.3. The molecule has 100 valence electrons. The normalized spacial score (nSPS) is 15.0. The van der Waals surface area contributed by atoms with Gasteiger partial charge < -0.3 is 9.67 Å². The lowest BCUT2D eigenvalue weighted by Crippen LogP contribution is -2.03. The molecule has 1 aromatic heterocycles. The van der Waals surface area contributed by atoms with Crippen molar-refractivity contribution in [2.24, 2.45) is 0 Å². The smallest absolute Gasteiger partial charge is 0.313 e. The highest BCUT2D eigenvalue weighted by atomic mass is 32.2. The summed E-state index contributed by atoms with van der Waals surface area (Å²) in [5.41, 5.74) is 1.59. The Morgan fingerprint density at radius 2 is 2.32 bits per heavy atom. The highest BCUT2D eigenvalue weighted by Gasteiger charge is 2.28. The Labute approximate surface area is 113 Å². The lowest BCUT2D eigenvalue weighted by atomic mass is 10.3. The van der Waals surface area contributed by atoms with E-state index in [0.717, 1.165) is 24.2 Å². The summed E-state index contributed by atoms with van der Waals surface area (Å²) in [6.45, 7) is 0. The average molecular weight is 280 g/mol. The van der Waals surface area contributed by atoms with E-state index in [1.807, 2.05) is 0 Å². The van der Waals surface area contributed by atoms with Crippen LogP contribution >= 0.6 is 11.8 Å². The Morgan fingerprint density at radius 3 is 3.00 bits per heavy atom. The van der Waals surface area contributed by atoms with Crippen LogP contribution in [0.25, 0.3) is 11.0 Å². The molecule has 0 radical (unpaired) electrons. The van der Waals surface area contributed by atoms with Crippen molar-refractivity contribution in [1.29, 1.82) is 0 Å². The molecule has 0 unspecified atom stereocenters. The van der Waals surface area contributed by atoms with Crippen molar-refractivity contribution in [3.8, 4) is 0 Å². The molecule has 3 rings (SSSR count). The summed E-state index contributed by atoms with van der Waals surface area (Å²) in [6.07, 6.45) is 2.22. The van der Waals surface area contributed by atoms with Gasteiger partial charge in [0.1, 0.15) is 11.6 Å². The standard InChI is InChI=1S/C13H13FN2O2S/c14-8-1-4-11-10(5-8)15-12(6-19-7-13(17)18)16(11)9-2-3-9/h1,4-5,9H,2-3,6-7H2,(H,17,18). The summed E-state index contributed by atoms with van der Waals surface area (Å²) >= 11 is 1.32. The van der Waals surface area contributed by atoms with Gasteiger partial charge in [0.2, 0.25) is 0 Å². The fraction of sp³-hybridized carbons (Fsp3) is 0.385. The first-order valence-electron chi connectivity index (χ1n) is 6.11. The first kappa shape index (κ1) is 12.5. The summed E-state index contributed by atoms with van der Waals surface area (Å²) in [5, 5.41) is 8.66. The third-order valence-electron chi connectivity index (χ3n) is 3.09. The summed E-state index contributed by atoms with van der Waals surface area (Å²) in [7, 11) is 0. The first-order valence-corrected chi connectivity index (χ1v) is 7.26. The molecular weight excluding hydrogens is 267 g/mol. The van der Waals surface area contributed by atoms with Crippen molar-refractivity contribution in [1.82, 2.24) is 9.55 Å². The van der Waals surface area contributed by atoms with E-state index in [0.29, 0.717) is 17.3 Å².